The third-order valence-electron chi connectivity index (χ3n) is 4.44. The van der Waals surface area contributed by atoms with E-state index in [4.69, 9.17) is 4.74 Å². The Labute approximate surface area is 175 Å². The van der Waals surface area contributed by atoms with Crippen molar-refractivity contribution in [1.82, 2.24) is 9.97 Å². The van der Waals surface area contributed by atoms with Gasteiger partial charge in [-0.2, -0.15) is 13.2 Å². The van der Waals surface area contributed by atoms with Crippen LogP contribution in [0.25, 0.3) is 22.3 Å². The number of rotatable bonds is 5. The number of carbonyl (C=O) groups is 1. The second-order valence-corrected chi connectivity index (χ2v) is 6.68. The molecule has 0 aliphatic heterocycles. The van der Waals surface area contributed by atoms with Gasteiger partial charge in [0.25, 0.3) is 5.91 Å². The average Bonchev–Trinajstić information content (AvgIpc) is 2.77. The molecule has 5 nitrogen and oxygen atoms in total. The van der Waals surface area contributed by atoms with Crippen LogP contribution in [0.15, 0.2) is 79.0 Å². The molecule has 0 saturated carbocycles. The molecule has 1 aromatic heterocycles. The fourth-order valence-electron chi connectivity index (χ4n) is 2.94. The molecule has 3 aromatic carbocycles. The van der Waals surface area contributed by atoms with Gasteiger partial charge in [0, 0.05) is 11.3 Å². The SMILES string of the molecule is O=C(COc1ccc(-c2cnc3ccccc3n2)cc1)Nc1cccc(C(F)(F)F)c1. The molecule has 0 unspecified atom stereocenters. The number of anilines is 1. The summed E-state index contributed by atoms with van der Waals surface area (Å²) in [4.78, 5) is 21.0. The minimum absolute atomic E-state index is 0.0497. The van der Waals surface area contributed by atoms with Gasteiger partial charge in [0.05, 0.1) is 28.5 Å². The van der Waals surface area contributed by atoms with Crippen molar-refractivity contribution in [2.45, 2.75) is 6.18 Å². The van der Waals surface area contributed by atoms with Crippen LogP contribution in [0.4, 0.5) is 18.9 Å². The van der Waals surface area contributed by atoms with Gasteiger partial charge >= 0.3 is 6.18 Å². The summed E-state index contributed by atoms with van der Waals surface area (Å²) in [5, 5.41) is 2.40. The lowest BCUT2D eigenvalue weighted by Gasteiger charge is -2.11. The van der Waals surface area contributed by atoms with E-state index in [2.05, 4.69) is 15.3 Å². The molecule has 0 bridgehead atoms. The predicted octanol–water partition coefficient (Wildman–Crippen LogP) is 5.33. The molecule has 1 heterocycles. The fourth-order valence-corrected chi connectivity index (χ4v) is 2.94. The zero-order chi connectivity index (χ0) is 21.8. The molecular formula is C23H16F3N3O2. The van der Waals surface area contributed by atoms with Crippen LogP contribution in [0.2, 0.25) is 0 Å². The third-order valence-corrected chi connectivity index (χ3v) is 4.44. The molecule has 0 aliphatic rings. The smallest absolute Gasteiger partial charge is 0.416 e. The van der Waals surface area contributed by atoms with Gasteiger partial charge in [0.1, 0.15) is 5.75 Å². The Kier molecular flexibility index (Phi) is 5.53. The number of para-hydroxylation sites is 2. The minimum atomic E-state index is -4.48. The van der Waals surface area contributed by atoms with Crippen molar-refractivity contribution in [3.8, 4) is 17.0 Å². The summed E-state index contributed by atoms with van der Waals surface area (Å²) in [6.07, 6.45) is -2.80. The number of hydrogen-bond acceptors (Lipinski definition) is 4. The maximum absolute atomic E-state index is 12.8. The Morgan fingerprint density at radius 3 is 2.42 bits per heavy atom. The van der Waals surface area contributed by atoms with Crippen LogP contribution in [-0.2, 0) is 11.0 Å². The Hall–Kier alpha value is -3.94. The lowest BCUT2D eigenvalue weighted by molar-refractivity contribution is -0.137. The highest BCUT2D eigenvalue weighted by Crippen LogP contribution is 2.30. The minimum Gasteiger partial charge on any atom is -0.484 e. The van der Waals surface area contributed by atoms with Crippen molar-refractivity contribution in [3.63, 3.8) is 0 Å². The van der Waals surface area contributed by atoms with E-state index in [9.17, 15) is 18.0 Å². The molecule has 0 spiro atoms. The molecule has 4 aromatic rings. The number of nitrogens with one attached hydrogen (secondary N) is 1. The maximum atomic E-state index is 12.8. The summed E-state index contributed by atoms with van der Waals surface area (Å²) >= 11 is 0. The van der Waals surface area contributed by atoms with Crippen LogP contribution in [0.3, 0.4) is 0 Å². The van der Waals surface area contributed by atoms with Gasteiger partial charge in [-0.25, -0.2) is 4.98 Å². The number of ether oxygens (including phenoxy) is 1. The molecule has 0 aliphatic carbocycles. The van der Waals surface area contributed by atoms with Gasteiger partial charge < -0.3 is 10.1 Å². The summed E-state index contributed by atoms with van der Waals surface area (Å²) in [6.45, 7) is -0.342. The van der Waals surface area contributed by atoms with E-state index >= 15 is 0 Å². The molecule has 1 N–H and O–H groups in total. The van der Waals surface area contributed by atoms with Crippen molar-refractivity contribution in [3.05, 3.63) is 84.6 Å². The maximum Gasteiger partial charge on any atom is 0.416 e. The number of alkyl halides is 3. The van der Waals surface area contributed by atoms with E-state index in [0.29, 0.717) is 11.4 Å². The Bertz CT molecular complexity index is 1220. The highest BCUT2D eigenvalue weighted by atomic mass is 19.4. The van der Waals surface area contributed by atoms with Crippen LogP contribution in [-0.4, -0.2) is 22.5 Å². The number of benzene rings is 3. The van der Waals surface area contributed by atoms with Crippen LogP contribution in [0.5, 0.6) is 5.75 Å². The topological polar surface area (TPSA) is 64.1 Å². The van der Waals surface area contributed by atoms with Gasteiger partial charge in [-0.15, -0.1) is 0 Å². The Morgan fingerprint density at radius 1 is 0.935 bits per heavy atom. The van der Waals surface area contributed by atoms with Gasteiger partial charge in [-0.3, -0.25) is 9.78 Å². The number of aromatic nitrogens is 2. The van der Waals surface area contributed by atoms with Gasteiger partial charge in [0.2, 0.25) is 0 Å². The second kappa shape index (κ2) is 8.43. The fraction of sp³-hybridized carbons (Fsp3) is 0.0870. The van der Waals surface area contributed by atoms with E-state index < -0.39 is 17.6 Å². The molecule has 156 valence electrons. The summed E-state index contributed by atoms with van der Waals surface area (Å²) in [7, 11) is 0. The molecule has 0 fully saturated rings. The summed E-state index contributed by atoms with van der Waals surface area (Å²) in [5.41, 5.74) is 2.34. The second-order valence-electron chi connectivity index (χ2n) is 6.68. The van der Waals surface area contributed by atoms with Gasteiger partial charge in [-0.1, -0.05) is 18.2 Å². The van der Waals surface area contributed by atoms with E-state index in [1.54, 1.807) is 30.5 Å². The number of fused-ring (bicyclic) bond motifs is 1. The standard InChI is InChI=1S/C23H16F3N3O2/c24-23(25,26)16-4-3-5-17(12-16)28-22(30)14-31-18-10-8-15(9-11-18)21-13-27-19-6-1-2-7-20(19)29-21/h1-13H,14H2,(H,28,30). The lowest BCUT2D eigenvalue weighted by atomic mass is 10.1. The number of halogens is 3. The monoisotopic (exact) mass is 423 g/mol. The third kappa shape index (κ3) is 4.98. The normalized spacial score (nSPS) is 11.3. The molecule has 31 heavy (non-hydrogen) atoms. The van der Waals surface area contributed by atoms with Gasteiger partial charge in [-0.05, 0) is 54.6 Å². The largest absolute Gasteiger partial charge is 0.484 e. The zero-order valence-corrected chi connectivity index (χ0v) is 16.1. The van der Waals surface area contributed by atoms with E-state index in [1.165, 1.54) is 12.1 Å². The van der Waals surface area contributed by atoms with Crippen molar-refractivity contribution in [1.29, 1.82) is 0 Å². The number of nitrogens with zero attached hydrogens (tertiary/aromatic N) is 2. The summed E-state index contributed by atoms with van der Waals surface area (Å²) < 4.78 is 43.7. The average molecular weight is 423 g/mol. The number of amides is 1. The van der Waals surface area contributed by atoms with E-state index in [-0.39, 0.29) is 12.3 Å². The molecule has 0 saturated heterocycles. The highest BCUT2D eigenvalue weighted by Gasteiger charge is 2.30. The van der Waals surface area contributed by atoms with Gasteiger partial charge in [0.15, 0.2) is 6.61 Å². The van der Waals surface area contributed by atoms with Crippen LogP contribution in [0.1, 0.15) is 5.56 Å². The first kappa shape index (κ1) is 20.3. The first-order chi connectivity index (χ1) is 14.9. The van der Waals surface area contributed by atoms with Crippen molar-refractivity contribution in [2.75, 3.05) is 11.9 Å². The molecule has 1 amide bonds. The summed E-state index contributed by atoms with van der Waals surface area (Å²) in [5.74, 6) is -0.125. The highest BCUT2D eigenvalue weighted by molar-refractivity contribution is 5.92. The molecule has 4 rings (SSSR count). The van der Waals surface area contributed by atoms with Crippen LogP contribution < -0.4 is 10.1 Å². The Morgan fingerprint density at radius 2 is 1.68 bits per heavy atom. The number of carbonyl (C=O) groups excluding carboxylic acids is 1. The number of hydrogen-bond donors (Lipinski definition) is 1. The zero-order valence-electron chi connectivity index (χ0n) is 16.1. The molecule has 0 radical (unpaired) electrons. The van der Waals surface area contributed by atoms with Crippen molar-refractivity contribution in [2.24, 2.45) is 0 Å². The molecule has 8 heteroatoms. The van der Waals surface area contributed by atoms with E-state index in [0.717, 1.165) is 28.7 Å². The lowest BCUT2D eigenvalue weighted by Crippen LogP contribution is -2.20. The predicted molar refractivity (Wildman–Crippen MR) is 111 cm³/mol. The van der Waals surface area contributed by atoms with Crippen LogP contribution in [0, 0.1) is 0 Å². The van der Waals surface area contributed by atoms with Crippen molar-refractivity contribution >= 4 is 22.6 Å². The van der Waals surface area contributed by atoms with Crippen LogP contribution >= 0.6 is 0 Å². The Balaban J connectivity index is 1.37. The first-order valence-corrected chi connectivity index (χ1v) is 9.31. The first-order valence-electron chi connectivity index (χ1n) is 9.31. The quantitative estimate of drug-likeness (QED) is 0.471. The summed E-state index contributed by atoms with van der Waals surface area (Å²) in [6, 6.07) is 18.9. The van der Waals surface area contributed by atoms with E-state index in [1.807, 2.05) is 24.3 Å². The molecular weight excluding hydrogens is 407 g/mol. The van der Waals surface area contributed by atoms with Crippen molar-refractivity contribution < 1.29 is 22.7 Å². The molecule has 0 atom stereocenters.